The first-order chi connectivity index (χ1) is 39.0. The van der Waals surface area contributed by atoms with E-state index in [1.165, 1.54) is 77.0 Å². The number of hydrogen-bond donors (Lipinski definition) is 0. The van der Waals surface area contributed by atoms with Crippen molar-refractivity contribution in [2.75, 3.05) is 13.2 Å². The predicted molar refractivity (Wildman–Crippen MR) is 343 cm³/mol. The highest BCUT2D eigenvalue weighted by Crippen LogP contribution is 2.15. The van der Waals surface area contributed by atoms with Crippen LogP contribution in [0.2, 0.25) is 0 Å². The molecular formula is C73H116O6. The van der Waals surface area contributed by atoms with Crippen molar-refractivity contribution in [3.05, 3.63) is 158 Å². The minimum atomic E-state index is -0.805. The quantitative estimate of drug-likeness (QED) is 0.0261. The molecule has 0 amide bonds. The van der Waals surface area contributed by atoms with Crippen LogP contribution in [0.25, 0.3) is 0 Å². The summed E-state index contributed by atoms with van der Waals surface area (Å²) in [6.07, 6.45) is 95.9. The fourth-order valence-electron chi connectivity index (χ4n) is 8.32. The third kappa shape index (κ3) is 63.7. The Labute approximate surface area is 486 Å². The molecule has 0 saturated heterocycles. The van der Waals surface area contributed by atoms with E-state index in [1.54, 1.807) is 0 Å². The van der Waals surface area contributed by atoms with Gasteiger partial charge in [0.2, 0.25) is 0 Å². The molecule has 0 radical (unpaired) electrons. The van der Waals surface area contributed by atoms with Crippen LogP contribution in [0.1, 0.15) is 265 Å². The number of carbonyl (C=O) groups is 3. The molecule has 79 heavy (non-hydrogen) atoms. The van der Waals surface area contributed by atoms with Crippen LogP contribution in [-0.2, 0) is 28.6 Å². The van der Waals surface area contributed by atoms with Gasteiger partial charge in [-0.1, -0.05) is 281 Å². The van der Waals surface area contributed by atoms with Gasteiger partial charge < -0.3 is 14.2 Å². The summed E-state index contributed by atoms with van der Waals surface area (Å²) < 4.78 is 16.7. The number of rotatable bonds is 56. The molecule has 0 N–H and O–H groups in total. The van der Waals surface area contributed by atoms with Gasteiger partial charge in [0.1, 0.15) is 13.2 Å². The van der Waals surface area contributed by atoms with Gasteiger partial charge in [0, 0.05) is 19.3 Å². The van der Waals surface area contributed by atoms with Gasteiger partial charge in [0.25, 0.3) is 0 Å². The lowest BCUT2D eigenvalue weighted by molar-refractivity contribution is -0.167. The summed E-state index contributed by atoms with van der Waals surface area (Å²) in [6, 6.07) is 0. The van der Waals surface area contributed by atoms with Crippen molar-refractivity contribution in [1.82, 2.24) is 0 Å². The van der Waals surface area contributed by atoms with Crippen LogP contribution in [0.5, 0.6) is 0 Å². The van der Waals surface area contributed by atoms with E-state index in [4.69, 9.17) is 14.2 Å². The summed E-state index contributed by atoms with van der Waals surface area (Å²) in [7, 11) is 0. The smallest absolute Gasteiger partial charge is 0.306 e. The second-order valence-electron chi connectivity index (χ2n) is 20.6. The number of ether oxygens (including phenoxy) is 3. The molecule has 0 aromatic rings. The summed E-state index contributed by atoms with van der Waals surface area (Å²) in [5.41, 5.74) is 0. The Morgan fingerprint density at radius 1 is 0.266 bits per heavy atom. The van der Waals surface area contributed by atoms with E-state index in [1.807, 2.05) is 0 Å². The van der Waals surface area contributed by atoms with Crippen LogP contribution in [0.3, 0.4) is 0 Å². The minimum Gasteiger partial charge on any atom is -0.462 e. The van der Waals surface area contributed by atoms with E-state index < -0.39 is 6.10 Å². The van der Waals surface area contributed by atoms with Crippen molar-refractivity contribution in [1.29, 1.82) is 0 Å². The van der Waals surface area contributed by atoms with Gasteiger partial charge in [0.15, 0.2) is 6.10 Å². The average molecular weight is 1090 g/mol. The van der Waals surface area contributed by atoms with Crippen molar-refractivity contribution < 1.29 is 28.6 Å². The molecule has 0 aliphatic rings. The molecular weight excluding hydrogens is 973 g/mol. The van der Waals surface area contributed by atoms with Gasteiger partial charge in [0.05, 0.1) is 0 Å². The highest BCUT2D eigenvalue weighted by atomic mass is 16.6. The Balaban J connectivity index is 4.18. The van der Waals surface area contributed by atoms with E-state index in [0.29, 0.717) is 19.3 Å². The number of unbranched alkanes of at least 4 members (excludes halogenated alkanes) is 19. The van der Waals surface area contributed by atoms with Crippen LogP contribution in [0.4, 0.5) is 0 Å². The molecule has 0 spiro atoms. The Hall–Kier alpha value is -4.97. The molecule has 0 saturated carbocycles. The average Bonchev–Trinajstić information content (AvgIpc) is 3.45. The molecule has 1 unspecified atom stereocenters. The van der Waals surface area contributed by atoms with Gasteiger partial charge >= 0.3 is 17.9 Å². The van der Waals surface area contributed by atoms with Gasteiger partial charge in [-0.05, 0) is 122 Å². The zero-order valence-electron chi connectivity index (χ0n) is 50.8. The van der Waals surface area contributed by atoms with Gasteiger partial charge in [-0.15, -0.1) is 0 Å². The molecule has 6 nitrogen and oxygen atoms in total. The normalized spacial score (nSPS) is 13.2. The maximum atomic E-state index is 12.8. The first-order valence-electron chi connectivity index (χ1n) is 32.0. The number of esters is 3. The van der Waals surface area contributed by atoms with Crippen LogP contribution in [0.15, 0.2) is 158 Å². The highest BCUT2D eigenvalue weighted by Gasteiger charge is 2.19. The van der Waals surface area contributed by atoms with Gasteiger partial charge in [-0.3, -0.25) is 14.4 Å². The maximum Gasteiger partial charge on any atom is 0.306 e. The van der Waals surface area contributed by atoms with Crippen molar-refractivity contribution in [3.63, 3.8) is 0 Å². The fraction of sp³-hybridized carbons (Fsp3) is 0.603. The monoisotopic (exact) mass is 1090 g/mol. The van der Waals surface area contributed by atoms with Crippen LogP contribution in [-0.4, -0.2) is 37.2 Å². The Bertz CT molecular complexity index is 1780. The molecule has 0 aromatic carbocycles. The molecule has 0 aromatic heterocycles. The Morgan fingerprint density at radius 2 is 0.506 bits per heavy atom. The van der Waals surface area contributed by atoms with Crippen molar-refractivity contribution in [3.8, 4) is 0 Å². The molecule has 0 rings (SSSR count). The largest absolute Gasteiger partial charge is 0.462 e. The molecule has 0 aliphatic heterocycles. The first-order valence-corrected chi connectivity index (χ1v) is 32.0. The highest BCUT2D eigenvalue weighted by molar-refractivity contribution is 5.71. The molecule has 6 heteroatoms. The third-order valence-corrected chi connectivity index (χ3v) is 13.0. The standard InChI is InChI=1S/C73H116O6/c1-4-7-10-13-15-17-19-21-23-25-27-29-31-33-35-36-38-39-41-43-45-47-49-51-53-55-57-60-63-66-72(75)78-69-70(68-77-71(74)65-62-59-12-9-6-3)79-73(76)67-64-61-58-56-54-52-50-48-46-44-42-40-37-34-32-30-28-26-24-22-20-18-16-14-11-8-5-2/h7-8,10-11,15-18,21-24,27-30,33,35,38-39,43,45,49,51,55,57,70H,4-6,9,12-14,19-20,25-26,31-32,34,36-37,40-42,44,46-48,50,52-54,56,58-69H2,1-3H3/b10-7-,11-8-,17-15-,18-16-,23-21-,24-22-,29-27-,30-28-,35-33-,39-38-,45-43-,51-49-,57-55-. The summed E-state index contributed by atoms with van der Waals surface area (Å²) in [5.74, 6) is -0.982. The molecule has 0 fully saturated rings. The SMILES string of the molecule is CC/C=C\C/C=C\C/C=C\C/C=C\C/C=C\C/C=C\C/C=C\C/C=C\C/C=C\CCCC(=O)OCC(COC(=O)CCCCCCC)OC(=O)CCCCCCCCCCCCCCCC/C=C\C/C=C\C/C=C\C/C=C\CC. The number of allylic oxidation sites excluding steroid dienone is 26. The lowest BCUT2D eigenvalue weighted by atomic mass is 10.0. The number of carbonyl (C=O) groups excluding carboxylic acids is 3. The zero-order chi connectivity index (χ0) is 57.1. The predicted octanol–water partition coefficient (Wildman–Crippen LogP) is 22.1. The van der Waals surface area contributed by atoms with Crippen LogP contribution < -0.4 is 0 Å². The summed E-state index contributed by atoms with van der Waals surface area (Å²) >= 11 is 0. The maximum absolute atomic E-state index is 12.8. The molecule has 444 valence electrons. The lowest BCUT2D eigenvalue weighted by Gasteiger charge is -2.18. The second-order valence-corrected chi connectivity index (χ2v) is 20.6. The topological polar surface area (TPSA) is 78.9 Å². The molecule has 0 bridgehead atoms. The zero-order valence-corrected chi connectivity index (χ0v) is 50.8. The molecule has 0 aliphatic carbocycles. The van der Waals surface area contributed by atoms with Gasteiger partial charge in [-0.2, -0.15) is 0 Å². The van der Waals surface area contributed by atoms with Gasteiger partial charge in [-0.25, -0.2) is 0 Å². The lowest BCUT2D eigenvalue weighted by Crippen LogP contribution is -2.30. The molecule has 0 heterocycles. The summed E-state index contributed by atoms with van der Waals surface area (Å²) in [5, 5.41) is 0. The van der Waals surface area contributed by atoms with Crippen LogP contribution >= 0.6 is 0 Å². The second kappa shape index (κ2) is 65.5. The Kier molecular flexibility index (Phi) is 61.4. The fourth-order valence-corrected chi connectivity index (χ4v) is 8.32. The molecule has 1 atom stereocenters. The Morgan fingerprint density at radius 3 is 0.823 bits per heavy atom. The number of hydrogen-bond acceptors (Lipinski definition) is 6. The van der Waals surface area contributed by atoms with Crippen molar-refractivity contribution in [2.45, 2.75) is 271 Å². The van der Waals surface area contributed by atoms with Crippen molar-refractivity contribution >= 4 is 17.9 Å². The summed E-state index contributed by atoms with van der Waals surface area (Å²) in [4.78, 5) is 37.9. The van der Waals surface area contributed by atoms with E-state index in [2.05, 4.69) is 179 Å². The van der Waals surface area contributed by atoms with E-state index in [-0.39, 0.29) is 37.5 Å². The first kappa shape index (κ1) is 74.0. The van der Waals surface area contributed by atoms with E-state index in [9.17, 15) is 14.4 Å². The van der Waals surface area contributed by atoms with E-state index in [0.717, 1.165) is 141 Å². The third-order valence-electron chi connectivity index (χ3n) is 13.0. The van der Waals surface area contributed by atoms with Crippen molar-refractivity contribution in [2.24, 2.45) is 0 Å². The van der Waals surface area contributed by atoms with Crippen LogP contribution in [0, 0.1) is 0 Å². The minimum absolute atomic E-state index is 0.102. The summed E-state index contributed by atoms with van der Waals surface area (Å²) in [6.45, 7) is 6.28. The van der Waals surface area contributed by atoms with E-state index >= 15 is 0 Å².